The van der Waals surface area contributed by atoms with Gasteiger partial charge in [-0.1, -0.05) is 48.0 Å². The van der Waals surface area contributed by atoms with Crippen LogP contribution < -0.4 is 35.8 Å². The van der Waals surface area contributed by atoms with Crippen molar-refractivity contribution in [1.29, 1.82) is 0 Å². The highest BCUT2D eigenvalue weighted by Gasteiger charge is 2.36. The van der Waals surface area contributed by atoms with E-state index >= 15 is 0 Å². The predicted molar refractivity (Wildman–Crippen MR) is 422 cm³/mol. The summed E-state index contributed by atoms with van der Waals surface area (Å²) in [5.41, 5.74) is 21.3. The molecule has 12 heterocycles. The van der Waals surface area contributed by atoms with Crippen LogP contribution in [0, 0.1) is 17.5 Å². The van der Waals surface area contributed by atoms with Crippen LogP contribution in [0.4, 0.5) is 36.8 Å². The third-order valence-corrected chi connectivity index (χ3v) is 20.8. The third kappa shape index (κ3) is 18.6. The van der Waals surface area contributed by atoms with Gasteiger partial charge in [0.1, 0.15) is 41.1 Å². The van der Waals surface area contributed by atoms with Crippen molar-refractivity contribution in [2.45, 2.75) is 101 Å². The van der Waals surface area contributed by atoms with Gasteiger partial charge >= 0.3 is 0 Å². The SMILES string of the molecule is CC(C)(C)[S@](=O)N[C@@](C)(c1ccc(F)cc1)c1cnc(N2CCCCC2)nc1.C[C@](N)(c1ccc(F)cc1)c1cnc(N2CCCCC2)nc1.Cn1cc(-c2cc3c(Cl)ncnn3c2)cn1.Cn1cc(-c2cc3c(N4CCN(c5ncc([C@@](C)(N)c6ccc(F)cc6)cn5)CC4)ncnn3c2)cn1.I.S. The van der Waals surface area contributed by atoms with Crippen molar-refractivity contribution >= 4 is 94.8 Å². The molecule has 3 aliphatic rings. The van der Waals surface area contributed by atoms with Gasteiger partial charge < -0.3 is 31.1 Å². The van der Waals surface area contributed by atoms with E-state index in [1.54, 1.807) is 100.0 Å². The van der Waals surface area contributed by atoms with E-state index in [1.165, 1.54) is 68.4 Å². The average molecular weight is 1600 g/mol. The lowest BCUT2D eigenvalue weighted by Crippen LogP contribution is -2.47. The van der Waals surface area contributed by atoms with E-state index in [9.17, 15) is 17.4 Å². The zero-order chi connectivity index (χ0) is 72.6. The first-order chi connectivity index (χ1) is 49.4. The van der Waals surface area contributed by atoms with Crippen LogP contribution >= 0.6 is 49.1 Å². The molecule has 0 unspecified atom stereocenters. The summed E-state index contributed by atoms with van der Waals surface area (Å²) in [5, 5.41) is 17.3. The fourth-order valence-electron chi connectivity index (χ4n) is 12.4. The van der Waals surface area contributed by atoms with Crippen molar-refractivity contribution in [3.05, 3.63) is 228 Å². The fourth-order valence-corrected chi connectivity index (χ4v) is 13.5. The van der Waals surface area contributed by atoms with Gasteiger partial charge in [-0.2, -0.15) is 33.9 Å². The smallest absolute Gasteiger partial charge is 0.225 e. The van der Waals surface area contributed by atoms with Crippen molar-refractivity contribution < 1.29 is 17.4 Å². The summed E-state index contributed by atoms with van der Waals surface area (Å²) in [6.45, 7) is 18.5. The van der Waals surface area contributed by atoms with Crippen LogP contribution in [0.3, 0.4) is 0 Å². The van der Waals surface area contributed by atoms with Crippen molar-refractivity contribution in [1.82, 2.24) is 83.4 Å². The molecule has 3 aromatic carbocycles. The topological polar surface area (TPSA) is 267 Å². The van der Waals surface area contributed by atoms with Gasteiger partial charge in [0.05, 0.1) is 44.7 Å². The molecule has 0 amide bonds. The molecule has 0 spiro atoms. The Morgan fingerprint density at radius 3 is 1.18 bits per heavy atom. The Morgan fingerprint density at radius 1 is 0.429 bits per heavy atom. The minimum Gasteiger partial charge on any atom is -0.351 e. The quantitative estimate of drug-likeness (QED) is 0.0854. The van der Waals surface area contributed by atoms with Crippen LogP contribution in [-0.2, 0) is 41.7 Å². The third-order valence-electron chi connectivity index (χ3n) is 18.8. The first-order valence-corrected chi connectivity index (χ1v) is 35.8. The monoisotopic (exact) mass is 1600 g/mol. The maximum atomic E-state index is 13.5. The molecule has 3 aliphatic heterocycles. The first kappa shape index (κ1) is 78.5. The molecule has 0 bridgehead atoms. The highest BCUT2D eigenvalue weighted by atomic mass is 127. The summed E-state index contributed by atoms with van der Waals surface area (Å²) in [4.78, 5) is 44.7. The Balaban J connectivity index is 0.000000155. The number of nitrogens with zero attached hydrogens (tertiary/aromatic N) is 20. The molecule has 5 N–H and O–H groups in total. The number of hydrogen-bond acceptors (Lipinski definition) is 19. The number of piperidine rings is 2. The zero-order valence-electron chi connectivity index (χ0n) is 59.9. The molecule has 4 atom stereocenters. The number of rotatable bonds is 14. The number of fused-ring (bicyclic) bond motifs is 2. The highest BCUT2D eigenvalue weighted by molar-refractivity contribution is 14.0. The number of benzene rings is 3. The van der Waals surface area contributed by atoms with Gasteiger partial charge in [0.25, 0.3) is 0 Å². The summed E-state index contributed by atoms with van der Waals surface area (Å²) in [5.74, 6) is 2.18. The second kappa shape index (κ2) is 34.0. The normalized spacial score (nSPS) is 16.0. The van der Waals surface area contributed by atoms with Crippen molar-refractivity contribution in [3.63, 3.8) is 0 Å². The van der Waals surface area contributed by atoms with Crippen LogP contribution in [0.1, 0.15) is 113 Å². The van der Waals surface area contributed by atoms with Crippen LogP contribution in [0.15, 0.2) is 172 Å². The number of aromatic nitrogens is 16. The maximum absolute atomic E-state index is 13.5. The average Bonchev–Trinajstić information content (AvgIpc) is 0.946. The predicted octanol–water partition coefficient (Wildman–Crippen LogP) is 11.9. The molecular weight excluding hydrogens is 1510 g/mol. The van der Waals surface area contributed by atoms with Gasteiger partial charge in [-0.3, -0.25) is 9.36 Å². The van der Waals surface area contributed by atoms with Gasteiger partial charge in [-0.25, -0.2) is 71.0 Å². The summed E-state index contributed by atoms with van der Waals surface area (Å²) < 4.78 is 62.7. The van der Waals surface area contributed by atoms with E-state index < -0.39 is 32.3 Å². The number of hydrogen-bond donors (Lipinski definition) is 3. The molecule has 0 radical (unpaired) electrons. The lowest BCUT2D eigenvalue weighted by atomic mass is 9.87. The van der Waals surface area contributed by atoms with E-state index in [0.29, 0.717) is 11.1 Å². The van der Waals surface area contributed by atoms with Crippen LogP contribution in [0.25, 0.3) is 33.3 Å². The van der Waals surface area contributed by atoms with Crippen molar-refractivity contribution in [3.8, 4) is 22.3 Å². The lowest BCUT2D eigenvalue weighted by molar-refractivity contribution is 0.517. The first-order valence-electron chi connectivity index (χ1n) is 34.2. The Morgan fingerprint density at radius 2 is 0.790 bits per heavy atom. The second-order valence-electron chi connectivity index (χ2n) is 27.5. The van der Waals surface area contributed by atoms with E-state index in [1.807, 2.05) is 97.2 Å². The Bertz CT molecular complexity index is 4810. The zero-order valence-corrected chi connectivity index (χ0v) is 64.8. The number of aryl methyl sites for hydroxylation is 2. The summed E-state index contributed by atoms with van der Waals surface area (Å²) in [7, 11) is 2.45. The molecule has 105 heavy (non-hydrogen) atoms. The lowest BCUT2D eigenvalue weighted by Gasteiger charge is -2.35. The fraction of sp³-hybridized carbons (Fsp3) is 0.351. The molecule has 0 saturated carbocycles. The van der Waals surface area contributed by atoms with E-state index in [0.717, 1.165) is 150 Å². The summed E-state index contributed by atoms with van der Waals surface area (Å²) in [6, 6.07) is 22.7. The molecule has 12 aromatic rings. The number of nitrogens with two attached hydrogens (primary N) is 2. The number of halogens is 5. The van der Waals surface area contributed by atoms with Crippen LogP contribution in [0.2, 0.25) is 5.15 Å². The van der Waals surface area contributed by atoms with Crippen LogP contribution in [-0.4, -0.2) is 140 Å². The van der Waals surface area contributed by atoms with Crippen molar-refractivity contribution in [2.24, 2.45) is 25.6 Å². The Labute approximate surface area is 640 Å². The molecule has 9 aromatic heterocycles. The minimum atomic E-state index is -1.33. The van der Waals surface area contributed by atoms with Gasteiger partial charge in [0.15, 0.2) is 11.0 Å². The number of anilines is 4. The molecule has 24 nitrogen and oxygen atoms in total. The minimum absolute atomic E-state index is 0. The van der Waals surface area contributed by atoms with E-state index in [-0.39, 0.29) is 54.9 Å². The molecule has 552 valence electrons. The summed E-state index contributed by atoms with van der Waals surface area (Å²) in [6.07, 6.45) is 32.4. The standard InChI is InChI=1S/C26H27FN10.C21H29FN4OS.C17H21FN4.C10H8ClN5.HI.H2S/c1-26(28,20-3-5-22(27)6-4-20)21-13-29-25(30-14-21)36-9-7-35(8-10-36)24-23-11-18(16-37(23)33-17-31-24)19-12-32-34(2)15-19;1-20(2,3)28(27)25-21(4,16-8-10-18(22)11-9-16)17-14-23-19(24-15-17)26-12-6-5-7-13-26;1-17(19,13-5-7-15(18)8-6-13)14-11-20-16(21-12-14)22-9-3-2-4-10-22;1-15-4-8(3-13-15)7-2-9-10(11)12-6-14-16(9)5-7;;/h3-6,11-17H,7-10,28H2,1-2H3;8-11,14-15,25H,5-7,12-13H2,1-4H3;5-8,11-12H,2-4,9-10,19H2,1H3;2-6H,1H3;1H;1H2/t26-;21-,28-;17-;;;/m000.../s1. The summed E-state index contributed by atoms with van der Waals surface area (Å²) >= 11 is 5.97. The van der Waals surface area contributed by atoms with Crippen LogP contribution in [0.5, 0.6) is 0 Å². The van der Waals surface area contributed by atoms with Gasteiger partial charge in [-0.05, 0) is 145 Å². The Kier molecular flexibility index (Phi) is 25.4. The molecule has 3 fully saturated rings. The largest absolute Gasteiger partial charge is 0.351 e. The van der Waals surface area contributed by atoms with E-state index in [2.05, 4.69) is 90.7 Å². The van der Waals surface area contributed by atoms with Gasteiger partial charge in [0, 0.05) is 167 Å². The maximum Gasteiger partial charge on any atom is 0.225 e. The van der Waals surface area contributed by atoms with Gasteiger partial charge in [0.2, 0.25) is 17.8 Å². The van der Waals surface area contributed by atoms with E-state index in [4.69, 9.17) is 23.1 Å². The molecular formula is C74H88ClF3IN23OS2. The number of nitrogens with one attached hydrogen (secondary N) is 1. The Hall–Kier alpha value is -9.05. The van der Waals surface area contributed by atoms with Crippen molar-refractivity contribution in [2.75, 3.05) is 72.0 Å². The highest BCUT2D eigenvalue weighted by Crippen LogP contribution is 2.34. The molecule has 15 rings (SSSR count). The number of piperazine rings is 1. The molecule has 0 aliphatic carbocycles. The van der Waals surface area contributed by atoms with Gasteiger partial charge in [-0.15, -0.1) is 24.0 Å². The molecule has 31 heteroatoms. The molecule has 3 saturated heterocycles. The second-order valence-corrected chi connectivity index (χ2v) is 29.8.